The van der Waals surface area contributed by atoms with Gasteiger partial charge in [0.2, 0.25) is 5.89 Å². The normalized spacial score (nSPS) is 11.8. The lowest BCUT2D eigenvalue weighted by molar-refractivity contribution is 0.414. The number of benzene rings is 1. The maximum atomic E-state index is 8.70. The summed E-state index contributed by atoms with van der Waals surface area (Å²) in [5.74, 6) is 1.20. The van der Waals surface area contributed by atoms with Crippen LogP contribution in [0.15, 0.2) is 33.9 Å². The summed E-state index contributed by atoms with van der Waals surface area (Å²) in [5, 5.41) is 16.7. The molecule has 0 spiro atoms. The lowest BCUT2D eigenvalue weighted by Gasteiger charge is -1.99. The fourth-order valence-corrected chi connectivity index (χ4v) is 1.86. The molecule has 0 fully saturated rings. The molecule has 0 amide bonds. The van der Waals surface area contributed by atoms with Gasteiger partial charge in [-0.15, -0.1) is 10.2 Å². The lowest BCUT2D eigenvalue weighted by Crippen LogP contribution is -1.88. The van der Waals surface area contributed by atoms with Gasteiger partial charge in [-0.2, -0.15) is 5.26 Å². The van der Waals surface area contributed by atoms with E-state index in [9.17, 15) is 0 Å². The summed E-state index contributed by atoms with van der Waals surface area (Å²) < 4.78 is 10.5. The maximum Gasteiger partial charge on any atom is 0.278 e. The summed E-state index contributed by atoms with van der Waals surface area (Å²) in [6.07, 6.45) is 0. The van der Waals surface area contributed by atoms with E-state index >= 15 is 0 Å². The second kappa shape index (κ2) is 5.56. The molecule has 0 saturated carbocycles. The quantitative estimate of drug-likeness (QED) is 0.788. The van der Waals surface area contributed by atoms with E-state index < -0.39 is 0 Å². The summed E-state index contributed by atoms with van der Waals surface area (Å²) in [6.45, 7) is 1.78. The molecule has 0 aliphatic heterocycles. The predicted molar refractivity (Wildman–Crippen MR) is 67.2 cm³/mol. The van der Waals surface area contributed by atoms with E-state index in [2.05, 4.69) is 16.3 Å². The molecule has 0 aliphatic carbocycles. The fourth-order valence-electron chi connectivity index (χ4n) is 1.29. The zero-order chi connectivity index (χ0) is 13.0. The van der Waals surface area contributed by atoms with Gasteiger partial charge in [-0.25, -0.2) is 0 Å². The van der Waals surface area contributed by atoms with Crippen LogP contribution in [0.2, 0.25) is 0 Å². The summed E-state index contributed by atoms with van der Waals surface area (Å²) in [4.78, 5) is 0. The van der Waals surface area contributed by atoms with Crippen LogP contribution < -0.4 is 4.74 Å². The monoisotopic (exact) mass is 261 g/mol. The number of aromatic nitrogens is 2. The van der Waals surface area contributed by atoms with Gasteiger partial charge in [-0.1, -0.05) is 0 Å². The molecule has 2 rings (SSSR count). The van der Waals surface area contributed by atoms with Crippen LogP contribution in [0.4, 0.5) is 0 Å². The average molecular weight is 261 g/mol. The van der Waals surface area contributed by atoms with Gasteiger partial charge in [0.1, 0.15) is 5.75 Å². The maximum absolute atomic E-state index is 8.70. The first kappa shape index (κ1) is 12.5. The Hall–Kier alpha value is -2.00. The molecule has 0 bridgehead atoms. The molecular weight excluding hydrogens is 250 g/mol. The predicted octanol–water partition coefficient (Wildman–Crippen LogP) is 2.75. The van der Waals surface area contributed by atoms with Gasteiger partial charge < -0.3 is 9.15 Å². The van der Waals surface area contributed by atoms with Crippen LogP contribution in [0.3, 0.4) is 0 Å². The van der Waals surface area contributed by atoms with Crippen LogP contribution in [-0.2, 0) is 0 Å². The molecule has 0 N–H and O–H groups in total. The van der Waals surface area contributed by atoms with E-state index in [1.807, 2.05) is 24.3 Å². The van der Waals surface area contributed by atoms with Crippen LogP contribution >= 0.6 is 11.8 Å². The third-order valence-electron chi connectivity index (χ3n) is 2.20. The van der Waals surface area contributed by atoms with E-state index in [-0.39, 0.29) is 5.25 Å². The summed E-state index contributed by atoms with van der Waals surface area (Å²) in [6, 6.07) is 9.43. The summed E-state index contributed by atoms with van der Waals surface area (Å²) in [7, 11) is 1.61. The number of ether oxygens (including phenoxy) is 1. The van der Waals surface area contributed by atoms with Gasteiger partial charge in [-0.05, 0) is 43.0 Å². The third kappa shape index (κ3) is 2.81. The van der Waals surface area contributed by atoms with E-state index in [0.29, 0.717) is 11.1 Å². The molecule has 0 radical (unpaired) electrons. The Morgan fingerprint density at radius 1 is 1.33 bits per heavy atom. The van der Waals surface area contributed by atoms with Crippen LogP contribution in [-0.4, -0.2) is 22.6 Å². The van der Waals surface area contributed by atoms with Crippen molar-refractivity contribution in [3.05, 3.63) is 24.3 Å². The number of nitriles is 1. The highest BCUT2D eigenvalue weighted by molar-refractivity contribution is 7.99. The van der Waals surface area contributed by atoms with Gasteiger partial charge in [0, 0.05) is 5.56 Å². The number of hydrogen-bond donors (Lipinski definition) is 0. The lowest BCUT2D eigenvalue weighted by atomic mass is 10.2. The van der Waals surface area contributed by atoms with Crippen molar-refractivity contribution in [2.24, 2.45) is 0 Å². The Labute approximate surface area is 109 Å². The topological polar surface area (TPSA) is 71.9 Å². The van der Waals surface area contributed by atoms with Crippen molar-refractivity contribution >= 4 is 11.8 Å². The van der Waals surface area contributed by atoms with Crippen LogP contribution in [0.1, 0.15) is 6.92 Å². The van der Waals surface area contributed by atoms with Crippen molar-refractivity contribution in [1.29, 1.82) is 5.26 Å². The first-order valence-corrected chi connectivity index (χ1v) is 6.15. The first-order chi connectivity index (χ1) is 8.72. The molecule has 18 heavy (non-hydrogen) atoms. The van der Waals surface area contributed by atoms with E-state index in [0.717, 1.165) is 11.3 Å². The zero-order valence-corrected chi connectivity index (χ0v) is 10.8. The Kier molecular flexibility index (Phi) is 3.85. The van der Waals surface area contributed by atoms with Gasteiger partial charge in [0.25, 0.3) is 5.22 Å². The Morgan fingerprint density at radius 2 is 2.06 bits per heavy atom. The summed E-state index contributed by atoms with van der Waals surface area (Å²) in [5.41, 5.74) is 0.819. The number of hydrogen-bond acceptors (Lipinski definition) is 6. The van der Waals surface area contributed by atoms with Crippen molar-refractivity contribution in [2.75, 3.05) is 7.11 Å². The number of methoxy groups -OCH3 is 1. The standard InChI is InChI=1S/C12H11N3O2S/c1-8(7-13)18-12-15-14-11(17-12)9-3-5-10(16-2)6-4-9/h3-6,8H,1-2H3/t8-/m1/s1. The van der Waals surface area contributed by atoms with Crippen molar-refractivity contribution in [3.8, 4) is 23.3 Å². The zero-order valence-electron chi connectivity index (χ0n) is 9.95. The SMILES string of the molecule is COc1ccc(-c2nnc(S[C@H](C)C#N)o2)cc1. The van der Waals surface area contributed by atoms with E-state index in [1.54, 1.807) is 14.0 Å². The Morgan fingerprint density at radius 3 is 2.67 bits per heavy atom. The molecule has 2 aromatic rings. The molecular formula is C12H11N3O2S. The molecule has 5 nitrogen and oxygen atoms in total. The fraction of sp³-hybridized carbons (Fsp3) is 0.250. The molecule has 1 aromatic carbocycles. The van der Waals surface area contributed by atoms with Crippen LogP contribution in [0.25, 0.3) is 11.5 Å². The molecule has 1 aromatic heterocycles. The average Bonchev–Trinajstić information content (AvgIpc) is 2.87. The van der Waals surface area contributed by atoms with E-state index in [4.69, 9.17) is 14.4 Å². The Balaban J connectivity index is 2.16. The van der Waals surface area contributed by atoms with Crippen molar-refractivity contribution in [1.82, 2.24) is 10.2 Å². The van der Waals surface area contributed by atoms with Crippen molar-refractivity contribution in [3.63, 3.8) is 0 Å². The van der Waals surface area contributed by atoms with Crippen LogP contribution in [0.5, 0.6) is 5.75 Å². The molecule has 0 unspecified atom stereocenters. The molecule has 1 heterocycles. The second-order valence-corrected chi connectivity index (χ2v) is 4.78. The largest absolute Gasteiger partial charge is 0.497 e. The number of nitrogens with zero attached hydrogens (tertiary/aromatic N) is 3. The summed E-state index contributed by atoms with van der Waals surface area (Å²) >= 11 is 1.24. The molecule has 0 saturated heterocycles. The van der Waals surface area contributed by atoms with Crippen LogP contribution in [0, 0.1) is 11.3 Å². The highest BCUT2D eigenvalue weighted by atomic mass is 32.2. The molecule has 0 aliphatic rings. The molecule has 1 atom stereocenters. The number of thioether (sulfide) groups is 1. The van der Waals surface area contributed by atoms with Gasteiger partial charge in [0.15, 0.2) is 0 Å². The third-order valence-corrected chi connectivity index (χ3v) is 3.03. The minimum atomic E-state index is -0.214. The minimum absolute atomic E-state index is 0.214. The highest BCUT2D eigenvalue weighted by Crippen LogP contribution is 2.26. The highest BCUT2D eigenvalue weighted by Gasteiger charge is 2.12. The Bertz CT molecular complexity index is 559. The molecule has 92 valence electrons. The van der Waals surface area contributed by atoms with Gasteiger partial charge >= 0.3 is 0 Å². The van der Waals surface area contributed by atoms with E-state index in [1.165, 1.54) is 11.8 Å². The second-order valence-electron chi connectivity index (χ2n) is 3.49. The van der Waals surface area contributed by atoms with Crippen molar-refractivity contribution in [2.45, 2.75) is 17.4 Å². The van der Waals surface area contributed by atoms with Gasteiger partial charge in [-0.3, -0.25) is 0 Å². The molecule has 6 heteroatoms. The number of rotatable bonds is 4. The van der Waals surface area contributed by atoms with Crippen molar-refractivity contribution < 1.29 is 9.15 Å². The first-order valence-electron chi connectivity index (χ1n) is 5.27. The minimum Gasteiger partial charge on any atom is -0.497 e. The smallest absolute Gasteiger partial charge is 0.278 e. The van der Waals surface area contributed by atoms with Gasteiger partial charge in [0.05, 0.1) is 18.4 Å².